The standard InChI is InChI=1S/C28H28N2O6S/c29-20-22-6-8-23(9-7-22)24-5-1-3-21(19-24)4-2-16-36-25-10-12-26(13-11-25)37(33,34)28(27(31)30-32)14-17-35-18-15-28/h1,3,5-13,19,32H,2,4,14-18H2,(H,30,31). The number of nitrogens with one attached hydrogen (secondary N) is 1. The summed E-state index contributed by atoms with van der Waals surface area (Å²) < 4.78 is 35.9. The second kappa shape index (κ2) is 11.6. The highest BCUT2D eigenvalue weighted by Crippen LogP contribution is 2.35. The van der Waals surface area contributed by atoms with E-state index in [0.29, 0.717) is 17.9 Å². The van der Waals surface area contributed by atoms with E-state index in [2.05, 4.69) is 18.2 Å². The first-order valence-corrected chi connectivity index (χ1v) is 13.5. The summed E-state index contributed by atoms with van der Waals surface area (Å²) >= 11 is 0. The van der Waals surface area contributed by atoms with Crippen molar-refractivity contribution >= 4 is 15.7 Å². The largest absolute Gasteiger partial charge is 0.494 e. The van der Waals surface area contributed by atoms with Gasteiger partial charge in [-0.15, -0.1) is 0 Å². The molecule has 1 saturated heterocycles. The van der Waals surface area contributed by atoms with Crippen LogP contribution in [-0.2, 0) is 25.8 Å². The Hall–Kier alpha value is -3.71. The third-order valence-corrected chi connectivity index (χ3v) is 9.13. The normalized spacial score (nSPS) is 14.9. The molecule has 2 N–H and O–H groups in total. The first kappa shape index (κ1) is 26.4. The molecule has 9 heteroatoms. The lowest BCUT2D eigenvalue weighted by Gasteiger charge is -2.34. The second-order valence-electron chi connectivity index (χ2n) is 8.86. The predicted octanol–water partition coefficient (Wildman–Crippen LogP) is 4.07. The highest BCUT2D eigenvalue weighted by atomic mass is 32.2. The number of nitrogens with zero attached hydrogens (tertiary/aromatic N) is 1. The topological polar surface area (TPSA) is 126 Å². The molecule has 192 valence electrons. The van der Waals surface area contributed by atoms with Crippen LogP contribution in [-0.4, -0.2) is 44.1 Å². The third kappa shape index (κ3) is 5.67. The van der Waals surface area contributed by atoms with Crippen molar-refractivity contribution in [2.75, 3.05) is 19.8 Å². The summed E-state index contributed by atoms with van der Waals surface area (Å²) in [7, 11) is -4.07. The van der Waals surface area contributed by atoms with Gasteiger partial charge in [0.15, 0.2) is 14.6 Å². The number of carbonyl (C=O) groups excluding carboxylic acids is 1. The van der Waals surface area contributed by atoms with Crippen LogP contribution in [0.5, 0.6) is 5.75 Å². The van der Waals surface area contributed by atoms with Gasteiger partial charge in [0.2, 0.25) is 0 Å². The molecule has 37 heavy (non-hydrogen) atoms. The van der Waals surface area contributed by atoms with Gasteiger partial charge in [-0.3, -0.25) is 10.0 Å². The van der Waals surface area contributed by atoms with Crippen LogP contribution in [0, 0.1) is 11.3 Å². The smallest absolute Gasteiger partial charge is 0.265 e. The number of amides is 1. The molecule has 0 atom stereocenters. The molecule has 1 amide bonds. The summed E-state index contributed by atoms with van der Waals surface area (Å²) in [5, 5.41) is 18.1. The number of hydrogen-bond acceptors (Lipinski definition) is 7. The lowest BCUT2D eigenvalue weighted by Crippen LogP contribution is -2.54. The van der Waals surface area contributed by atoms with Gasteiger partial charge in [-0.2, -0.15) is 5.26 Å². The maximum absolute atomic E-state index is 13.3. The zero-order valence-corrected chi connectivity index (χ0v) is 21.0. The van der Waals surface area contributed by atoms with Crippen molar-refractivity contribution in [1.29, 1.82) is 5.26 Å². The van der Waals surface area contributed by atoms with Crippen LogP contribution in [0.25, 0.3) is 11.1 Å². The Morgan fingerprint density at radius 2 is 1.73 bits per heavy atom. The van der Waals surface area contributed by atoms with Gasteiger partial charge in [0, 0.05) is 13.2 Å². The van der Waals surface area contributed by atoms with Crippen molar-refractivity contribution in [3.05, 3.63) is 83.9 Å². The molecule has 3 aromatic rings. The molecule has 1 fully saturated rings. The molecule has 1 aliphatic rings. The van der Waals surface area contributed by atoms with E-state index in [1.165, 1.54) is 17.6 Å². The van der Waals surface area contributed by atoms with Gasteiger partial charge >= 0.3 is 0 Å². The molecule has 0 bridgehead atoms. The van der Waals surface area contributed by atoms with E-state index >= 15 is 0 Å². The first-order chi connectivity index (χ1) is 17.9. The summed E-state index contributed by atoms with van der Waals surface area (Å²) in [5.41, 5.74) is 5.43. The number of rotatable bonds is 9. The summed E-state index contributed by atoms with van der Waals surface area (Å²) in [6.45, 7) is 0.676. The van der Waals surface area contributed by atoms with Crippen molar-refractivity contribution < 1.29 is 27.9 Å². The minimum Gasteiger partial charge on any atom is -0.494 e. The zero-order chi connectivity index (χ0) is 26.3. The molecule has 0 unspecified atom stereocenters. The van der Waals surface area contributed by atoms with Gasteiger partial charge < -0.3 is 9.47 Å². The number of hydrogen-bond donors (Lipinski definition) is 2. The Balaban J connectivity index is 1.35. The molecule has 1 heterocycles. The van der Waals surface area contributed by atoms with Gasteiger partial charge in [0.05, 0.1) is 23.1 Å². The Morgan fingerprint density at radius 1 is 1.03 bits per heavy atom. The fourth-order valence-electron chi connectivity index (χ4n) is 4.47. The average molecular weight is 521 g/mol. The Kier molecular flexibility index (Phi) is 8.24. The minimum absolute atomic E-state index is 0.00929. The van der Waals surface area contributed by atoms with Crippen molar-refractivity contribution in [3.8, 4) is 22.9 Å². The molecule has 0 spiro atoms. The van der Waals surface area contributed by atoms with Gasteiger partial charge in [0.25, 0.3) is 5.91 Å². The van der Waals surface area contributed by atoms with E-state index in [0.717, 1.165) is 29.5 Å². The zero-order valence-electron chi connectivity index (χ0n) is 20.2. The van der Waals surface area contributed by atoms with E-state index in [1.54, 1.807) is 24.3 Å². The Morgan fingerprint density at radius 3 is 2.38 bits per heavy atom. The highest BCUT2D eigenvalue weighted by Gasteiger charge is 2.52. The van der Waals surface area contributed by atoms with Gasteiger partial charge in [-0.1, -0.05) is 36.4 Å². The minimum atomic E-state index is -4.07. The molecular formula is C28H28N2O6S. The second-order valence-corrected chi connectivity index (χ2v) is 11.1. The van der Waals surface area contributed by atoms with E-state index in [9.17, 15) is 13.2 Å². The third-order valence-electron chi connectivity index (χ3n) is 6.62. The van der Waals surface area contributed by atoms with Crippen LogP contribution in [0.4, 0.5) is 0 Å². The Labute approximate surface area is 216 Å². The molecule has 0 saturated carbocycles. The quantitative estimate of drug-likeness (QED) is 0.247. The van der Waals surface area contributed by atoms with E-state index in [-0.39, 0.29) is 31.0 Å². The van der Waals surface area contributed by atoms with Crippen LogP contribution < -0.4 is 10.2 Å². The maximum Gasteiger partial charge on any atom is 0.265 e. The lowest BCUT2D eigenvalue weighted by molar-refractivity contribution is -0.134. The average Bonchev–Trinajstić information content (AvgIpc) is 2.95. The summed E-state index contributed by atoms with van der Waals surface area (Å²) in [6, 6.07) is 23.8. The predicted molar refractivity (Wildman–Crippen MR) is 137 cm³/mol. The highest BCUT2D eigenvalue weighted by molar-refractivity contribution is 7.93. The monoisotopic (exact) mass is 520 g/mol. The molecule has 0 aromatic heterocycles. The molecule has 3 aromatic carbocycles. The van der Waals surface area contributed by atoms with Crippen molar-refractivity contribution in [1.82, 2.24) is 5.48 Å². The van der Waals surface area contributed by atoms with E-state index in [4.69, 9.17) is 19.9 Å². The summed E-state index contributed by atoms with van der Waals surface area (Å²) in [4.78, 5) is 12.4. The number of aryl methyl sites for hydroxylation is 1. The molecule has 1 aliphatic heterocycles. The number of hydroxylamine groups is 1. The van der Waals surface area contributed by atoms with E-state index in [1.807, 2.05) is 24.3 Å². The number of ether oxygens (including phenoxy) is 2. The molecule has 8 nitrogen and oxygen atoms in total. The van der Waals surface area contributed by atoms with Crippen LogP contribution in [0.15, 0.2) is 77.7 Å². The van der Waals surface area contributed by atoms with Crippen LogP contribution in [0.1, 0.15) is 30.4 Å². The van der Waals surface area contributed by atoms with Crippen molar-refractivity contribution in [2.24, 2.45) is 0 Å². The van der Waals surface area contributed by atoms with Crippen molar-refractivity contribution in [3.63, 3.8) is 0 Å². The van der Waals surface area contributed by atoms with Crippen molar-refractivity contribution in [2.45, 2.75) is 35.3 Å². The van der Waals surface area contributed by atoms with E-state index < -0.39 is 20.5 Å². The Bertz CT molecular complexity index is 1370. The number of carbonyl (C=O) groups is 1. The van der Waals surface area contributed by atoms with Gasteiger partial charge in [0.1, 0.15) is 5.75 Å². The fraction of sp³-hybridized carbons (Fsp3) is 0.286. The maximum atomic E-state index is 13.3. The lowest BCUT2D eigenvalue weighted by atomic mass is 9.98. The summed E-state index contributed by atoms with van der Waals surface area (Å²) in [6.07, 6.45) is 1.49. The van der Waals surface area contributed by atoms with Crippen LogP contribution in [0.2, 0.25) is 0 Å². The number of benzene rings is 3. The molecule has 0 radical (unpaired) electrons. The number of sulfone groups is 1. The van der Waals surface area contributed by atoms with Crippen LogP contribution >= 0.6 is 0 Å². The first-order valence-electron chi connectivity index (χ1n) is 12.0. The SMILES string of the molecule is N#Cc1ccc(-c2cccc(CCCOc3ccc(S(=O)(=O)C4(C(=O)NO)CCOCC4)cc3)c2)cc1. The fourth-order valence-corrected chi connectivity index (χ4v) is 6.41. The van der Waals surface area contributed by atoms with Gasteiger partial charge in [-0.05, 0) is 78.8 Å². The van der Waals surface area contributed by atoms with Crippen LogP contribution in [0.3, 0.4) is 0 Å². The summed E-state index contributed by atoms with van der Waals surface area (Å²) in [5.74, 6) is -0.419. The van der Waals surface area contributed by atoms with Gasteiger partial charge in [-0.25, -0.2) is 13.9 Å². The molecule has 4 rings (SSSR count). The number of nitriles is 1. The molecular weight excluding hydrogens is 492 g/mol. The molecule has 0 aliphatic carbocycles.